The number of benzene rings is 1. The zero-order valence-electron chi connectivity index (χ0n) is 14.8. The van der Waals surface area contributed by atoms with Crippen LogP contribution in [0.2, 0.25) is 0 Å². The van der Waals surface area contributed by atoms with Crippen molar-refractivity contribution in [2.75, 3.05) is 27.2 Å². The minimum Gasteiger partial charge on any atom is -0.351 e. The van der Waals surface area contributed by atoms with Crippen molar-refractivity contribution >= 4 is 11.8 Å². The molecule has 0 aromatic heterocycles. The summed E-state index contributed by atoms with van der Waals surface area (Å²) in [6.07, 6.45) is 3.25. The number of hydrogen-bond donors (Lipinski definition) is 1. The van der Waals surface area contributed by atoms with Crippen molar-refractivity contribution in [2.24, 2.45) is 0 Å². The molecule has 1 spiro atoms. The van der Waals surface area contributed by atoms with Crippen LogP contribution in [0.25, 0.3) is 0 Å². The van der Waals surface area contributed by atoms with E-state index in [9.17, 15) is 9.59 Å². The molecule has 1 atom stereocenters. The molecule has 3 rings (SSSR count). The molecule has 0 bridgehead atoms. The molecular formula is C19H27N3O2. The van der Waals surface area contributed by atoms with Crippen molar-refractivity contribution in [3.63, 3.8) is 0 Å². The number of aryl methyl sites for hydroxylation is 1. The Morgan fingerprint density at radius 3 is 2.42 bits per heavy atom. The van der Waals surface area contributed by atoms with Crippen LogP contribution >= 0.6 is 0 Å². The van der Waals surface area contributed by atoms with Crippen LogP contribution < -0.4 is 5.32 Å². The van der Waals surface area contributed by atoms with Crippen molar-refractivity contribution in [3.8, 4) is 0 Å². The first kappa shape index (κ1) is 17.0. The highest BCUT2D eigenvalue weighted by molar-refractivity contribution is 5.84. The van der Waals surface area contributed by atoms with E-state index in [2.05, 4.69) is 18.3 Å². The summed E-state index contributed by atoms with van der Waals surface area (Å²) >= 11 is 0. The number of carbonyl (C=O) groups is 2. The first-order valence-corrected chi connectivity index (χ1v) is 8.74. The van der Waals surface area contributed by atoms with Crippen molar-refractivity contribution in [2.45, 2.75) is 44.2 Å². The average Bonchev–Trinajstić information content (AvgIpc) is 2.90. The van der Waals surface area contributed by atoms with Crippen LogP contribution in [0.15, 0.2) is 24.3 Å². The fraction of sp³-hybridized carbons (Fsp3) is 0.579. The Morgan fingerprint density at radius 2 is 1.88 bits per heavy atom. The van der Waals surface area contributed by atoms with Crippen molar-refractivity contribution in [1.82, 2.24) is 15.1 Å². The molecule has 0 saturated carbocycles. The van der Waals surface area contributed by atoms with Gasteiger partial charge in [-0.2, -0.15) is 0 Å². The van der Waals surface area contributed by atoms with E-state index >= 15 is 0 Å². The van der Waals surface area contributed by atoms with E-state index in [0.29, 0.717) is 6.42 Å². The van der Waals surface area contributed by atoms with Gasteiger partial charge >= 0.3 is 0 Å². The molecule has 2 heterocycles. The number of likely N-dealkylation sites (tertiary alicyclic amines) is 1. The number of carbonyl (C=O) groups excluding carboxylic acids is 2. The lowest BCUT2D eigenvalue weighted by Gasteiger charge is -2.41. The van der Waals surface area contributed by atoms with Gasteiger partial charge in [0.05, 0.1) is 0 Å². The SMILES string of the molecule is Cc1ccccc1C(C(=O)N1CCC2(CCC(=O)N2)CC1)N(C)C. The summed E-state index contributed by atoms with van der Waals surface area (Å²) in [5.41, 5.74) is 2.15. The smallest absolute Gasteiger partial charge is 0.244 e. The zero-order chi connectivity index (χ0) is 17.3. The Hall–Kier alpha value is -1.88. The van der Waals surface area contributed by atoms with Gasteiger partial charge in [-0.15, -0.1) is 0 Å². The predicted octanol–water partition coefficient (Wildman–Crippen LogP) is 1.87. The van der Waals surface area contributed by atoms with Gasteiger partial charge in [0.1, 0.15) is 6.04 Å². The van der Waals surface area contributed by atoms with E-state index < -0.39 is 0 Å². The van der Waals surface area contributed by atoms with Crippen LogP contribution in [0.4, 0.5) is 0 Å². The molecule has 5 nitrogen and oxygen atoms in total. The van der Waals surface area contributed by atoms with Gasteiger partial charge in [-0.3, -0.25) is 14.5 Å². The molecule has 24 heavy (non-hydrogen) atoms. The molecule has 2 aliphatic heterocycles. The predicted molar refractivity (Wildman–Crippen MR) is 93.5 cm³/mol. The van der Waals surface area contributed by atoms with E-state index in [4.69, 9.17) is 0 Å². The maximum atomic E-state index is 13.2. The highest BCUT2D eigenvalue weighted by Gasteiger charge is 2.42. The topological polar surface area (TPSA) is 52.7 Å². The van der Waals surface area contributed by atoms with Crippen molar-refractivity contribution in [3.05, 3.63) is 35.4 Å². The monoisotopic (exact) mass is 329 g/mol. The molecule has 1 unspecified atom stereocenters. The molecular weight excluding hydrogens is 302 g/mol. The molecule has 2 fully saturated rings. The Balaban J connectivity index is 1.73. The number of likely N-dealkylation sites (N-methyl/N-ethyl adjacent to an activating group) is 1. The molecule has 0 radical (unpaired) electrons. The number of rotatable bonds is 3. The second-order valence-corrected chi connectivity index (χ2v) is 7.38. The van der Waals surface area contributed by atoms with Gasteiger partial charge in [-0.25, -0.2) is 0 Å². The summed E-state index contributed by atoms with van der Waals surface area (Å²) in [7, 11) is 3.91. The van der Waals surface area contributed by atoms with Crippen LogP contribution in [0.5, 0.6) is 0 Å². The van der Waals surface area contributed by atoms with E-state index in [1.807, 2.05) is 42.1 Å². The van der Waals surface area contributed by atoms with Gasteiger partial charge in [0.15, 0.2) is 0 Å². The lowest BCUT2D eigenvalue weighted by atomic mass is 9.86. The van der Waals surface area contributed by atoms with Crippen molar-refractivity contribution in [1.29, 1.82) is 0 Å². The maximum absolute atomic E-state index is 13.2. The Kier molecular flexibility index (Phi) is 4.63. The third-order valence-electron chi connectivity index (χ3n) is 5.50. The molecule has 0 aliphatic carbocycles. The first-order chi connectivity index (χ1) is 11.4. The molecule has 1 N–H and O–H groups in total. The normalized spacial score (nSPS) is 21.2. The molecule has 2 amide bonds. The summed E-state index contributed by atoms with van der Waals surface area (Å²) in [6.45, 7) is 3.49. The summed E-state index contributed by atoms with van der Waals surface area (Å²) in [4.78, 5) is 28.7. The van der Waals surface area contributed by atoms with E-state index in [-0.39, 0.29) is 23.4 Å². The van der Waals surface area contributed by atoms with Crippen LogP contribution in [0.1, 0.15) is 42.9 Å². The first-order valence-electron chi connectivity index (χ1n) is 8.74. The number of piperidine rings is 1. The van der Waals surface area contributed by atoms with Crippen molar-refractivity contribution < 1.29 is 9.59 Å². The molecule has 2 aliphatic rings. The van der Waals surface area contributed by atoms with Gasteiger partial charge in [0.2, 0.25) is 11.8 Å². The minimum atomic E-state index is -0.251. The van der Waals surface area contributed by atoms with Gasteiger partial charge < -0.3 is 10.2 Å². The molecule has 130 valence electrons. The number of hydrogen-bond acceptors (Lipinski definition) is 3. The number of amides is 2. The quantitative estimate of drug-likeness (QED) is 0.921. The highest BCUT2D eigenvalue weighted by atomic mass is 16.2. The lowest BCUT2D eigenvalue weighted by molar-refractivity contribution is -0.138. The molecule has 5 heteroatoms. The number of nitrogens with zero attached hydrogens (tertiary/aromatic N) is 2. The van der Waals surface area contributed by atoms with E-state index in [1.165, 1.54) is 0 Å². The van der Waals surface area contributed by atoms with Gasteiger partial charge in [0, 0.05) is 25.0 Å². The zero-order valence-corrected chi connectivity index (χ0v) is 14.8. The van der Waals surface area contributed by atoms with Crippen LogP contribution in [-0.2, 0) is 9.59 Å². The number of nitrogens with one attached hydrogen (secondary N) is 1. The largest absolute Gasteiger partial charge is 0.351 e. The molecule has 1 aromatic carbocycles. The molecule has 1 aromatic rings. The standard InChI is InChI=1S/C19H27N3O2/c1-14-6-4-5-7-15(14)17(21(2)3)18(24)22-12-10-19(11-13-22)9-8-16(23)20-19/h4-7,17H,8-13H2,1-3H3,(H,20,23). The second kappa shape index (κ2) is 6.55. The Bertz CT molecular complexity index is 633. The Morgan fingerprint density at radius 1 is 1.21 bits per heavy atom. The minimum absolute atomic E-state index is 0.0653. The fourth-order valence-electron chi connectivity index (χ4n) is 4.00. The second-order valence-electron chi connectivity index (χ2n) is 7.38. The van der Waals surface area contributed by atoms with Gasteiger partial charge in [0.25, 0.3) is 0 Å². The van der Waals surface area contributed by atoms with E-state index in [0.717, 1.165) is 43.5 Å². The van der Waals surface area contributed by atoms with Crippen LogP contribution in [0.3, 0.4) is 0 Å². The maximum Gasteiger partial charge on any atom is 0.244 e. The summed E-state index contributed by atoms with van der Waals surface area (Å²) in [6, 6.07) is 7.84. The third-order valence-corrected chi connectivity index (χ3v) is 5.50. The Labute approximate surface area is 144 Å². The molecule has 2 saturated heterocycles. The van der Waals surface area contributed by atoms with E-state index in [1.54, 1.807) is 0 Å². The van der Waals surface area contributed by atoms with Gasteiger partial charge in [-0.05, 0) is 51.4 Å². The van der Waals surface area contributed by atoms with Crippen LogP contribution in [0, 0.1) is 6.92 Å². The summed E-state index contributed by atoms with van der Waals surface area (Å²) in [5.74, 6) is 0.314. The highest BCUT2D eigenvalue weighted by Crippen LogP contribution is 2.33. The fourth-order valence-corrected chi connectivity index (χ4v) is 4.00. The summed E-state index contributed by atoms with van der Waals surface area (Å²) in [5, 5.41) is 3.13. The third kappa shape index (κ3) is 3.18. The lowest BCUT2D eigenvalue weighted by Crippen LogP contribution is -2.53. The average molecular weight is 329 g/mol. The van der Waals surface area contributed by atoms with Gasteiger partial charge in [-0.1, -0.05) is 24.3 Å². The summed E-state index contributed by atoms with van der Waals surface area (Å²) < 4.78 is 0. The van der Waals surface area contributed by atoms with Crippen LogP contribution in [-0.4, -0.2) is 54.3 Å².